The molecule has 3 heteroatoms. The van der Waals surface area contributed by atoms with E-state index in [2.05, 4.69) is 18.7 Å². The van der Waals surface area contributed by atoms with Crippen LogP contribution in [0, 0.1) is 5.41 Å². The molecule has 2 heterocycles. The van der Waals surface area contributed by atoms with Crippen molar-refractivity contribution in [3.8, 4) is 0 Å². The Bertz CT molecular complexity index is 305. The number of furan rings is 1. The molecular weight excluding hydrogens is 188 g/mol. The van der Waals surface area contributed by atoms with Crippen molar-refractivity contribution in [2.24, 2.45) is 11.1 Å². The standard InChI is InChI=1S/C12H20N2O/c1-12(2)5-6-14(9-11(12)13)8-10-4-3-7-15-10/h3-4,7,11H,5-6,8-9,13H2,1-2H3. The van der Waals surface area contributed by atoms with Crippen LogP contribution in [0.4, 0.5) is 0 Å². The first-order valence-corrected chi connectivity index (χ1v) is 5.58. The van der Waals surface area contributed by atoms with E-state index >= 15 is 0 Å². The van der Waals surface area contributed by atoms with Gasteiger partial charge in [0, 0.05) is 12.6 Å². The summed E-state index contributed by atoms with van der Waals surface area (Å²) < 4.78 is 5.34. The van der Waals surface area contributed by atoms with Gasteiger partial charge in [-0.2, -0.15) is 0 Å². The fourth-order valence-corrected chi connectivity index (χ4v) is 2.01. The zero-order valence-electron chi connectivity index (χ0n) is 9.57. The predicted octanol–water partition coefficient (Wildman–Crippen LogP) is 1.84. The minimum Gasteiger partial charge on any atom is -0.468 e. The number of rotatable bonds is 2. The van der Waals surface area contributed by atoms with Gasteiger partial charge >= 0.3 is 0 Å². The number of nitrogens with zero attached hydrogens (tertiary/aromatic N) is 1. The van der Waals surface area contributed by atoms with Crippen molar-refractivity contribution in [2.45, 2.75) is 32.9 Å². The maximum Gasteiger partial charge on any atom is 0.117 e. The van der Waals surface area contributed by atoms with E-state index in [-0.39, 0.29) is 11.5 Å². The molecular formula is C12H20N2O. The molecule has 0 saturated carbocycles. The molecule has 1 unspecified atom stereocenters. The average Bonchev–Trinajstić information content (AvgIpc) is 2.65. The van der Waals surface area contributed by atoms with Gasteiger partial charge in [0.2, 0.25) is 0 Å². The highest BCUT2D eigenvalue weighted by molar-refractivity contribution is 4.99. The van der Waals surface area contributed by atoms with Gasteiger partial charge in [0.25, 0.3) is 0 Å². The smallest absolute Gasteiger partial charge is 0.117 e. The van der Waals surface area contributed by atoms with E-state index in [1.165, 1.54) is 0 Å². The molecule has 0 aliphatic carbocycles. The minimum atomic E-state index is 0.265. The first-order chi connectivity index (χ1) is 7.08. The Morgan fingerprint density at radius 2 is 2.40 bits per heavy atom. The van der Waals surface area contributed by atoms with Gasteiger partial charge in [-0.25, -0.2) is 0 Å². The minimum absolute atomic E-state index is 0.265. The van der Waals surface area contributed by atoms with Crippen molar-refractivity contribution < 1.29 is 4.42 Å². The van der Waals surface area contributed by atoms with E-state index in [0.29, 0.717) is 0 Å². The fourth-order valence-electron chi connectivity index (χ4n) is 2.01. The molecule has 0 radical (unpaired) electrons. The van der Waals surface area contributed by atoms with Crippen LogP contribution < -0.4 is 5.73 Å². The highest BCUT2D eigenvalue weighted by Gasteiger charge is 2.32. The van der Waals surface area contributed by atoms with Gasteiger partial charge in [-0.3, -0.25) is 4.90 Å². The van der Waals surface area contributed by atoms with Gasteiger partial charge in [-0.1, -0.05) is 13.8 Å². The maximum absolute atomic E-state index is 6.16. The SMILES string of the molecule is CC1(C)CCN(Cc2ccco2)CC1N. The molecule has 3 nitrogen and oxygen atoms in total. The Labute approximate surface area is 91.2 Å². The second-order valence-electron chi connectivity index (χ2n) is 5.16. The summed E-state index contributed by atoms with van der Waals surface area (Å²) in [5.41, 5.74) is 6.44. The van der Waals surface area contributed by atoms with E-state index in [9.17, 15) is 0 Å². The second-order valence-corrected chi connectivity index (χ2v) is 5.16. The molecule has 1 fully saturated rings. The van der Waals surface area contributed by atoms with Crippen LogP contribution in [0.15, 0.2) is 22.8 Å². The summed E-state index contributed by atoms with van der Waals surface area (Å²) in [6, 6.07) is 4.22. The summed E-state index contributed by atoms with van der Waals surface area (Å²) >= 11 is 0. The molecule has 1 aliphatic heterocycles. The fraction of sp³-hybridized carbons (Fsp3) is 0.667. The van der Waals surface area contributed by atoms with Crippen molar-refractivity contribution in [3.63, 3.8) is 0 Å². The summed E-state index contributed by atoms with van der Waals surface area (Å²) in [5.74, 6) is 1.03. The lowest BCUT2D eigenvalue weighted by Gasteiger charge is -2.41. The Kier molecular flexibility index (Phi) is 2.85. The van der Waals surface area contributed by atoms with Crippen molar-refractivity contribution >= 4 is 0 Å². The highest BCUT2D eigenvalue weighted by atomic mass is 16.3. The van der Waals surface area contributed by atoms with Crippen LogP contribution in [0.5, 0.6) is 0 Å². The number of nitrogens with two attached hydrogens (primary N) is 1. The third-order valence-electron chi connectivity index (χ3n) is 3.49. The van der Waals surface area contributed by atoms with Gasteiger partial charge in [0.1, 0.15) is 5.76 Å². The van der Waals surface area contributed by atoms with Crippen molar-refractivity contribution in [1.29, 1.82) is 0 Å². The summed E-state index contributed by atoms with van der Waals surface area (Å²) in [6.45, 7) is 7.47. The molecule has 1 aromatic heterocycles. The van der Waals surface area contributed by atoms with Crippen LogP contribution in [-0.4, -0.2) is 24.0 Å². The molecule has 0 spiro atoms. The van der Waals surface area contributed by atoms with Gasteiger partial charge in [0.05, 0.1) is 12.8 Å². The van der Waals surface area contributed by atoms with E-state index in [1.807, 2.05) is 12.1 Å². The molecule has 0 bridgehead atoms. The topological polar surface area (TPSA) is 42.4 Å². The van der Waals surface area contributed by atoms with Crippen molar-refractivity contribution in [2.75, 3.05) is 13.1 Å². The number of likely N-dealkylation sites (tertiary alicyclic amines) is 1. The normalized spacial score (nSPS) is 26.7. The number of piperidine rings is 1. The summed E-state index contributed by atoms with van der Waals surface area (Å²) in [5, 5.41) is 0. The third-order valence-corrected chi connectivity index (χ3v) is 3.49. The van der Waals surface area contributed by atoms with Crippen molar-refractivity contribution in [1.82, 2.24) is 4.90 Å². The Morgan fingerprint density at radius 3 is 3.00 bits per heavy atom. The third kappa shape index (κ3) is 2.41. The van der Waals surface area contributed by atoms with Gasteiger partial charge in [0.15, 0.2) is 0 Å². The van der Waals surface area contributed by atoms with E-state index in [4.69, 9.17) is 10.2 Å². The number of hydrogen-bond donors (Lipinski definition) is 1. The Balaban J connectivity index is 1.92. The summed E-state index contributed by atoms with van der Waals surface area (Å²) in [6.07, 6.45) is 2.89. The molecule has 0 amide bonds. The largest absolute Gasteiger partial charge is 0.468 e. The highest BCUT2D eigenvalue weighted by Crippen LogP contribution is 2.29. The maximum atomic E-state index is 6.16. The lowest BCUT2D eigenvalue weighted by Crippen LogP contribution is -2.52. The zero-order chi connectivity index (χ0) is 10.9. The van der Waals surface area contributed by atoms with E-state index in [0.717, 1.165) is 31.8 Å². The van der Waals surface area contributed by atoms with Crippen molar-refractivity contribution in [3.05, 3.63) is 24.2 Å². The predicted molar refractivity (Wildman–Crippen MR) is 60.4 cm³/mol. The van der Waals surface area contributed by atoms with Crippen LogP contribution in [-0.2, 0) is 6.54 Å². The molecule has 1 aliphatic rings. The number of hydrogen-bond acceptors (Lipinski definition) is 3. The molecule has 84 valence electrons. The lowest BCUT2D eigenvalue weighted by molar-refractivity contribution is 0.0954. The molecule has 0 aromatic carbocycles. The van der Waals surface area contributed by atoms with Crippen LogP contribution in [0.25, 0.3) is 0 Å². The van der Waals surface area contributed by atoms with E-state index < -0.39 is 0 Å². The van der Waals surface area contributed by atoms with Crippen LogP contribution in [0.3, 0.4) is 0 Å². The summed E-state index contributed by atoms with van der Waals surface area (Å²) in [7, 11) is 0. The summed E-state index contributed by atoms with van der Waals surface area (Å²) in [4.78, 5) is 2.37. The first-order valence-electron chi connectivity index (χ1n) is 5.58. The zero-order valence-corrected chi connectivity index (χ0v) is 9.57. The van der Waals surface area contributed by atoms with Gasteiger partial charge in [-0.15, -0.1) is 0 Å². The molecule has 1 aromatic rings. The molecule has 1 atom stereocenters. The molecule has 1 saturated heterocycles. The lowest BCUT2D eigenvalue weighted by atomic mass is 9.78. The van der Waals surface area contributed by atoms with Gasteiger partial charge in [-0.05, 0) is 30.5 Å². The first kappa shape index (κ1) is 10.7. The monoisotopic (exact) mass is 208 g/mol. The van der Waals surface area contributed by atoms with E-state index in [1.54, 1.807) is 6.26 Å². The quantitative estimate of drug-likeness (QED) is 0.806. The Hall–Kier alpha value is -0.800. The molecule has 2 rings (SSSR count). The Morgan fingerprint density at radius 1 is 1.60 bits per heavy atom. The van der Waals surface area contributed by atoms with Crippen LogP contribution in [0.2, 0.25) is 0 Å². The molecule has 15 heavy (non-hydrogen) atoms. The second kappa shape index (κ2) is 3.99. The van der Waals surface area contributed by atoms with Gasteiger partial charge < -0.3 is 10.2 Å². The van der Waals surface area contributed by atoms with Crippen LogP contribution in [0.1, 0.15) is 26.0 Å². The average molecular weight is 208 g/mol. The van der Waals surface area contributed by atoms with Crippen LogP contribution >= 0.6 is 0 Å². The molecule has 2 N–H and O–H groups in total.